The van der Waals surface area contributed by atoms with Crippen LogP contribution in [-0.2, 0) is 19.4 Å². The number of ketones is 1. The lowest BCUT2D eigenvalue weighted by Crippen LogP contribution is -2.49. The molecule has 1 aromatic heterocycles. The number of nitrogens with zero attached hydrogens (tertiary/aromatic N) is 2. The van der Waals surface area contributed by atoms with Gasteiger partial charge in [-0.1, -0.05) is 24.3 Å². The molecule has 1 aromatic carbocycles. The minimum atomic E-state index is -3.35. The Bertz CT molecular complexity index is 1390. The van der Waals surface area contributed by atoms with E-state index in [4.69, 9.17) is 4.42 Å². The standard InChI is InChI=1S/C24H20N2O6S/c1-14-20(11-19-7-8-22(32-19)17-5-3-16(4-6-17)15(2)27)23(28)26(24(29)21(14)12-25)18-9-10-33(30,31)13-18/h3-8,11,18H,9-10,13H2,1-2H3/b20-11+. The van der Waals surface area contributed by atoms with Crippen LogP contribution in [0.2, 0.25) is 0 Å². The van der Waals surface area contributed by atoms with E-state index in [0.717, 1.165) is 10.5 Å². The highest BCUT2D eigenvalue weighted by atomic mass is 32.2. The molecule has 8 nitrogen and oxygen atoms in total. The van der Waals surface area contributed by atoms with Crippen LogP contribution in [0.1, 0.15) is 36.4 Å². The highest BCUT2D eigenvalue weighted by Gasteiger charge is 2.43. The van der Waals surface area contributed by atoms with Gasteiger partial charge < -0.3 is 4.42 Å². The molecule has 2 aliphatic heterocycles. The molecule has 4 rings (SSSR count). The fraction of sp³-hybridized carbons (Fsp3) is 0.250. The Morgan fingerprint density at radius 3 is 2.42 bits per heavy atom. The highest BCUT2D eigenvalue weighted by Crippen LogP contribution is 2.32. The van der Waals surface area contributed by atoms with E-state index in [9.17, 15) is 28.1 Å². The maximum Gasteiger partial charge on any atom is 0.271 e. The quantitative estimate of drug-likeness (QED) is 0.387. The molecule has 3 heterocycles. The van der Waals surface area contributed by atoms with Crippen LogP contribution in [0, 0.1) is 11.3 Å². The zero-order valence-electron chi connectivity index (χ0n) is 18.0. The second kappa shape index (κ2) is 8.30. The number of sulfone groups is 1. The number of rotatable bonds is 4. The molecule has 1 fully saturated rings. The molecule has 0 radical (unpaired) electrons. The second-order valence-electron chi connectivity index (χ2n) is 8.04. The number of furan rings is 1. The summed E-state index contributed by atoms with van der Waals surface area (Å²) in [5.41, 5.74) is 1.43. The number of amides is 2. The number of Topliss-reactive ketones (excluding diaryl/α,β-unsaturated/α-hetero) is 1. The largest absolute Gasteiger partial charge is 0.457 e. The SMILES string of the molecule is CC(=O)c1ccc(-c2ccc(/C=C3/C(=O)N(C4CCS(=O)(=O)C4)C(=O)C(C#N)=C3C)o2)cc1. The van der Waals surface area contributed by atoms with Gasteiger partial charge in [-0.2, -0.15) is 5.26 Å². The molecule has 0 saturated carbocycles. The lowest BCUT2D eigenvalue weighted by atomic mass is 9.93. The van der Waals surface area contributed by atoms with Gasteiger partial charge in [0.2, 0.25) is 0 Å². The topological polar surface area (TPSA) is 126 Å². The van der Waals surface area contributed by atoms with Gasteiger partial charge in [0.05, 0.1) is 17.5 Å². The van der Waals surface area contributed by atoms with Crippen LogP contribution in [0.4, 0.5) is 0 Å². The van der Waals surface area contributed by atoms with E-state index >= 15 is 0 Å². The van der Waals surface area contributed by atoms with E-state index in [0.29, 0.717) is 17.1 Å². The van der Waals surface area contributed by atoms with Crippen LogP contribution < -0.4 is 0 Å². The Labute approximate surface area is 190 Å². The summed E-state index contributed by atoms with van der Waals surface area (Å²) < 4.78 is 29.7. The number of carbonyl (C=O) groups excluding carboxylic acids is 3. The first-order chi connectivity index (χ1) is 15.6. The average Bonchev–Trinajstić information content (AvgIpc) is 3.38. The zero-order chi connectivity index (χ0) is 23.9. The summed E-state index contributed by atoms with van der Waals surface area (Å²) in [5.74, 6) is -1.05. The van der Waals surface area contributed by atoms with Crippen molar-refractivity contribution in [1.82, 2.24) is 4.90 Å². The number of hydrogen-bond acceptors (Lipinski definition) is 7. The van der Waals surface area contributed by atoms with Crippen LogP contribution in [0.5, 0.6) is 0 Å². The predicted molar refractivity (Wildman–Crippen MR) is 119 cm³/mol. The van der Waals surface area contributed by atoms with Crippen molar-refractivity contribution in [2.75, 3.05) is 11.5 Å². The third-order valence-corrected chi connectivity index (χ3v) is 7.59. The molecule has 1 saturated heterocycles. The Kier molecular flexibility index (Phi) is 5.64. The van der Waals surface area contributed by atoms with E-state index in [1.54, 1.807) is 36.4 Å². The first kappa shape index (κ1) is 22.4. The zero-order valence-corrected chi connectivity index (χ0v) is 18.8. The number of benzene rings is 1. The highest BCUT2D eigenvalue weighted by molar-refractivity contribution is 7.91. The van der Waals surface area contributed by atoms with Gasteiger partial charge >= 0.3 is 0 Å². The average molecular weight is 464 g/mol. The molecule has 1 unspecified atom stereocenters. The molecular weight excluding hydrogens is 444 g/mol. The molecule has 1 atom stereocenters. The van der Waals surface area contributed by atoms with Gasteiger partial charge in [-0.25, -0.2) is 8.42 Å². The summed E-state index contributed by atoms with van der Waals surface area (Å²) in [4.78, 5) is 38.4. The van der Waals surface area contributed by atoms with Gasteiger partial charge in [0.25, 0.3) is 11.8 Å². The summed E-state index contributed by atoms with van der Waals surface area (Å²) in [5, 5.41) is 9.52. The maximum atomic E-state index is 13.2. The van der Waals surface area contributed by atoms with E-state index in [1.165, 1.54) is 19.9 Å². The van der Waals surface area contributed by atoms with Crippen LogP contribution in [0.3, 0.4) is 0 Å². The summed E-state index contributed by atoms with van der Waals surface area (Å²) in [7, 11) is -3.35. The van der Waals surface area contributed by atoms with Crippen molar-refractivity contribution < 1.29 is 27.2 Å². The molecule has 33 heavy (non-hydrogen) atoms. The summed E-state index contributed by atoms with van der Waals surface area (Å²) in [6, 6.07) is 11.3. The predicted octanol–water partition coefficient (Wildman–Crippen LogP) is 2.93. The fourth-order valence-corrected chi connectivity index (χ4v) is 5.71. The van der Waals surface area contributed by atoms with Crippen molar-refractivity contribution in [2.24, 2.45) is 0 Å². The molecule has 168 valence electrons. The van der Waals surface area contributed by atoms with Crippen LogP contribution in [-0.4, -0.2) is 48.5 Å². The van der Waals surface area contributed by atoms with Crippen molar-refractivity contribution in [3.8, 4) is 17.4 Å². The lowest BCUT2D eigenvalue weighted by Gasteiger charge is -2.31. The molecule has 2 aliphatic rings. The molecule has 0 spiro atoms. The molecule has 2 aromatic rings. The first-order valence-corrected chi connectivity index (χ1v) is 12.1. The summed E-state index contributed by atoms with van der Waals surface area (Å²) in [6.45, 7) is 2.99. The number of hydrogen-bond donors (Lipinski definition) is 0. The summed E-state index contributed by atoms with van der Waals surface area (Å²) >= 11 is 0. The van der Waals surface area contributed by atoms with Gasteiger partial charge in [0.1, 0.15) is 23.2 Å². The maximum absolute atomic E-state index is 13.2. The van der Waals surface area contributed by atoms with Crippen LogP contribution in [0.15, 0.2) is 57.5 Å². The molecule has 0 aliphatic carbocycles. The third-order valence-electron chi connectivity index (χ3n) is 5.84. The van der Waals surface area contributed by atoms with Crippen molar-refractivity contribution in [3.05, 3.63) is 64.4 Å². The first-order valence-electron chi connectivity index (χ1n) is 10.2. The van der Waals surface area contributed by atoms with E-state index in [1.807, 2.05) is 6.07 Å². The van der Waals surface area contributed by atoms with Gasteiger partial charge in [-0.3, -0.25) is 19.3 Å². The van der Waals surface area contributed by atoms with Crippen LogP contribution >= 0.6 is 0 Å². The van der Waals surface area contributed by atoms with Crippen molar-refractivity contribution in [1.29, 1.82) is 5.26 Å². The Balaban J connectivity index is 1.70. The van der Waals surface area contributed by atoms with Gasteiger partial charge in [-0.05, 0) is 44.1 Å². The Hall–Kier alpha value is -3.77. The normalized spacial score (nSPS) is 21.5. The number of nitriles is 1. The van der Waals surface area contributed by atoms with Gasteiger partial charge in [0.15, 0.2) is 15.6 Å². The minimum Gasteiger partial charge on any atom is -0.457 e. The fourth-order valence-electron chi connectivity index (χ4n) is 4.01. The number of carbonyl (C=O) groups is 3. The van der Waals surface area contributed by atoms with Crippen molar-refractivity contribution in [2.45, 2.75) is 26.3 Å². The monoisotopic (exact) mass is 464 g/mol. The Morgan fingerprint density at radius 1 is 1.15 bits per heavy atom. The molecule has 9 heteroatoms. The smallest absolute Gasteiger partial charge is 0.271 e. The molecule has 0 N–H and O–H groups in total. The number of imide groups is 1. The van der Waals surface area contributed by atoms with Crippen molar-refractivity contribution >= 4 is 33.5 Å². The van der Waals surface area contributed by atoms with Gasteiger partial charge in [-0.15, -0.1) is 0 Å². The minimum absolute atomic E-state index is 0.0491. The second-order valence-corrected chi connectivity index (χ2v) is 10.3. The van der Waals surface area contributed by atoms with E-state index in [-0.39, 0.29) is 40.4 Å². The van der Waals surface area contributed by atoms with Crippen molar-refractivity contribution in [3.63, 3.8) is 0 Å². The molecule has 0 bridgehead atoms. The Morgan fingerprint density at radius 2 is 1.85 bits per heavy atom. The van der Waals surface area contributed by atoms with E-state index in [2.05, 4.69) is 0 Å². The van der Waals surface area contributed by atoms with Crippen LogP contribution in [0.25, 0.3) is 17.4 Å². The molecule has 2 amide bonds. The van der Waals surface area contributed by atoms with E-state index < -0.39 is 27.7 Å². The third kappa shape index (κ3) is 4.17. The molecular formula is C24H20N2O6S. The van der Waals surface area contributed by atoms with Gasteiger partial charge in [0, 0.05) is 16.7 Å². The summed E-state index contributed by atoms with van der Waals surface area (Å²) in [6.07, 6.45) is 1.59. The lowest BCUT2D eigenvalue weighted by molar-refractivity contribution is -0.142.